The first-order valence-electron chi connectivity index (χ1n) is 3.26. The molecule has 33 heavy (non-hydrogen) atoms. The predicted octanol–water partition coefficient (Wildman–Crippen LogP) is -11.7. The van der Waals surface area contributed by atoms with Gasteiger partial charge in [0.25, 0.3) is 0 Å². The Kier molecular flexibility index (Phi) is 513. The van der Waals surface area contributed by atoms with Gasteiger partial charge in [-0.2, -0.15) is 0 Å². The van der Waals surface area contributed by atoms with Crippen LogP contribution >= 0.6 is 0 Å². The molecule has 0 fully saturated rings. The maximum Gasteiger partial charge on any atom is 3.00 e. The minimum atomic E-state index is -3.13. The smallest absolute Gasteiger partial charge is 2.00 e. The molecule has 0 atom stereocenters. The first kappa shape index (κ1) is 136. The largest absolute Gasteiger partial charge is 3.00 e. The van der Waals surface area contributed by atoms with E-state index in [0.717, 1.165) is 0 Å². The van der Waals surface area contributed by atoms with Crippen molar-refractivity contribution in [2.45, 2.75) is 0 Å². The zero-order valence-electron chi connectivity index (χ0n) is 16.2. The molecule has 160 valence electrons. The fraction of sp³-hybridized carbons (Fsp3) is 0. The van der Waals surface area contributed by atoms with Crippen LogP contribution in [-0.4, -0.2) is 255 Å². The van der Waals surface area contributed by atoms with Crippen LogP contribution in [0.4, 0.5) is 0 Å². The van der Waals surface area contributed by atoms with Crippen molar-refractivity contribution in [3.8, 4) is 0 Å². The van der Waals surface area contributed by atoms with E-state index in [1.54, 1.807) is 0 Å². The topological polar surface area (TPSA) is 430 Å². The summed E-state index contributed by atoms with van der Waals surface area (Å²) < 4.78 is 43.7. The number of hydrogen-bond donors (Lipinski definition) is 10. The summed E-state index contributed by atoms with van der Waals surface area (Å²) >= 11 is 0. The molecule has 0 saturated carbocycles. The van der Waals surface area contributed by atoms with Gasteiger partial charge in [0.1, 0.15) is 0 Å². The van der Waals surface area contributed by atoms with Crippen LogP contribution < -0.4 is 0 Å². The molecular weight excluding hydrogens is 666 g/mol. The molecule has 0 radical (unpaired) electrons. The molecule has 0 aromatic rings. The summed E-state index contributed by atoms with van der Waals surface area (Å²) in [7, 11) is -15.6. The van der Waals surface area contributed by atoms with Crippen molar-refractivity contribution in [2.24, 2.45) is 0 Å². The summed E-state index contributed by atoms with van der Waals surface area (Å²) in [6, 6.07) is 0. The second kappa shape index (κ2) is 125. The average Bonchev–Trinajstić information content (AvgIpc) is 1.94. The summed E-state index contributed by atoms with van der Waals surface area (Å²) in [5, 5.41) is 0. The van der Waals surface area contributed by atoms with Gasteiger partial charge in [0.05, 0.1) is 0 Å². The molecule has 0 aliphatic heterocycles. The summed E-state index contributed by atoms with van der Waals surface area (Å²) in [6.07, 6.45) is 0. The normalized spacial score (nSPS) is 3.64. The van der Waals surface area contributed by atoms with Gasteiger partial charge >= 0.3 is 208 Å². The first-order valence-corrected chi connectivity index (χ1v) is 9.77. The molecule has 0 aromatic heterocycles. The molecule has 0 amide bonds. The van der Waals surface area contributed by atoms with Gasteiger partial charge in [-0.15, -0.1) is 0 Å². The molecule has 0 bridgehead atoms. The zero-order chi connectivity index (χ0) is 17.9. The molecule has 0 rings (SSSR count). The van der Waals surface area contributed by atoms with Crippen molar-refractivity contribution in [1.29, 1.82) is 0 Å². The van der Waals surface area contributed by atoms with E-state index in [-0.39, 0.29) is 189 Å². The molecule has 10 N–H and O–H groups in total. The molecule has 0 spiro atoms. The van der Waals surface area contributed by atoms with E-state index < -0.39 is 45.9 Å². The molecule has 0 aliphatic carbocycles. The maximum absolute atomic E-state index is 8.74. The fourth-order valence-corrected chi connectivity index (χ4v) is 0. The van der Waals surface area contributed by atoms with Gasteiger partial charge < -0.3 is 75.3 Å². The van der Waals surface area contributed by atoms with Gasteiger partial charge in [0.2, 0.25) is 0 Å². The van der Waals surface area contributed by atoms with Crippen LogP contribution in [0.2, 0.25) is 0 Å². The van der Waals surface area contributed by atoms with Crippen LogP contribution in [0.5, 0.6) is 0 Å². The Hall–Kier alpha value is 3.08. The van der Waals surface area contributed by atoms with Gasteiger partial charge in [-0.3, -0.25) is 22.3 Å². The standard InChI is InChI=1S/4Al.4Mg.5H2O3Si.5O/c;;;;;;;;5*1-4(2)3;;;;;/h;;;;;;;;5*1-2H;;;;;/q4*+3;4*+2;;;;;;5*-2. The van der Waals surface area contributed by atoms with Gasteiger partial charge in [-0.05, 0) is 0 Å². The predicted molar refractivity (Wildman–Crippen MR) is 104 cm³/mol. The Morgan fingerprint density at radius 3 is 0.273 bits per heavy atom. The Morgan fingerprint density at radius 2 is 0.273 bits per heavy atom. The number of rotatable bonds is 0. The first-order chi connectivity index (χ1) is 8.66. The molecule has 0 saturated heterocycles. The minimum Gasteiger partial charge on any atom is -2.00 e. The van der Waals surface area contributed by atoms with E-state index in [9.17, 15) is 0 Å². The van der Waals surface area contributed by atoms with E-state index in [0.29, 0.717) is 0 Å². The third-order valence-electron chi connectivity index (χ3n) is 0. The third kappa shape index (κ3) is 4050. The summed E-state index contributed by atoms with van der Waals surface area (Å²) in [4.78, 5) is 71.6. The average molecular weight is 676 g/mol. The van der Waals surface area contributed by atoms with Crippen molar-refractivity contribution in [1.82, 2.24) is 0 Å². The van der Waals surface area contributed by atoms with Crippen LogP contribution in [0.1, 0.15) is 0 Å². The van der Waals surface area contributed by atoms with Crippen molar-refractivity contribution in [2.75, 3.05) is 0 Å². The Morgan fingerprint density at radius 1 is 0.273 bits per heavy atom. The van der Waals surface area contributed by atoms with Gasteiger partial charge in [-0.1, -0.05) is 0 Å². The molecule has 0 aliphatic rings. The second-order valence-electron chi connectivity index (χ2n) is 1.41. The van der Waals surface area contributed by atoms with Crippen molar-refractivity contribution >= 4 is 208 Å². The monoisotopic (exact) mass is 674 g/mol. The van der Waals surface area contributed by atoms with Crippen molar-refractivity contribution in [3.63, 3.8) is 0 Å². The van der Waals surface area contributed by atoms with E-state index in [1.165, 1.54) is 0 Å². The third-order valence-corrected chi connectivity index (χ3v) is 0. The van der Waals surface area contributed by atoms with Gasteiger partial charge in [0, 0.05) is 0 Å². The molecular formula is H10Al4Mg4O20Si5+10. The van der Waals surface area contributed by atoms with Crippen molar-refractivity contribution < 1.29 is 97.6 Å². The van der Waals surface area contributed by atoms with E-state index in [1.807, 2.05) is 0 Å². The van der Waals surface area contributed by atoms with E-state index in [2.05, 4.69) is 0 Å². The Balaban J connectivity index is -0.00000000485. The molecule has 0 unspecified atom stereocenters. The van der Waals surface area contributed by atoms with E-state index in [4.69, 9.17) is 70.3 Å². The summed E-state index contributed by atoms with van der Waals surface area (Å²) in [6.45, 7) is 0. The van der Waals surface area contributed by atoms with Crippen LogP contribution in [-0.2, 0) is 49.7 Å². The number of hydrogen-bond acceptors (Lipinski definition) is 5. The van der Waals surface area contributed by atoms with Crippen LogP contribution in [0, 0.1) is 0 Å². The van der Waals surface area contributed by atoms with E-state index >= 15 is 0 Å². The molecule has 0 aromatic carbocycles. The summed E-state index contributed by atoms with van der Waals surface area (Å²) in [5.41, 5.74) is 0. The van der Waals surface area contributed by atoms with Crippen LogP contribution in [0.25, 0.3) is 0 Å². The second-order valence-corrected chi connectivity index (χ2v) is 4.24. The fourth-order valence-electron chi connectivity index (χ4n) is 0. The quantitative estimate of drug-likeness (QED) is 0.107. The summed E-state index contributed by atoms with van der Waals surface area (Å²) in [5.74, 6) is 0. The Bertz CT molecular complexity index is 237. The van der Waals surface area contributed by atoms with Crippen LogP contribution in [0.3, 0.4) is 0 Å². The molecule has 20 nitrogen and oxygen atoms in total. The molecule has 0 heterocycles. The zero-order valence-corrected chi connectivity index (χ0v) is 31.5. The van der Waals surface area contributed by atoms with Crippen molar-refractivity contribution in [3.05, 3.63) is 0 Å². The Labute approximate surface area is 301 Å². The maximum atomic E-state index is 8.74. The minimum absolute atomic E-state index is 0. The molecule has 33 heteroatoms. The van der Waals surface area contributed by atoms with Gasteiger partial charge in [0.15, 0.2) is 0 Å². The SMILES string of the molecule is O=[Si](O)O.O=[Si](O)O.O=[Si](O)O.O=[Si](O)O.O=[Si](O)O.[Al+3].[Al+3].[Al+3].[Al+3].[Mg+2].[Mg+2].[Mg+2].[Mg+2].[O-2].[O-2].[O-2].[O-2].[O-2]. The van der Waals surface area contributed by atoms with Crippen LogP contribution in [0.15, 0.2) is 0 Å². The van der Waals surface area contributed by atoms with Gasteiger partial charge in [-0.25, -0.2) is 0 Å².